The number of aryl methyl sites for hydroxylation is 1. The van der Waals surface area contributed by atoms with Crippen molar-refractivity contribution >= 4 is 23.1 Å². The maximum absolute atomic E-state index is 10.9. The van der Waals surface area contributed by atoms with Crippen molar-refractivity contribution in [3.05, 3.63) is 40.7 Å². The Morgan fingerprint density at radius 1 is 1.23 bits per heavy atom. The monoisotopic (exact) mass is 420 g/mol. The number of fused-ring (bicyclic) bond motifs is 4. The average molecular weight is 421 g/mol. The van der Waals surface area contributed by atoms with Gasteiger partial charge in [-0.1, -0.05) is 0 Å². The van der Waals surface area contributed by atoms with E-state index < -0.39 is 5.97 Å². The highest BCUT2D eigenvalue weighted by molar-refractivity contribution is 6.11. The van der Waals surface area contributed by atoms with Gasteiger partial charge < -0.3 is 19.6 Å². The van der Waals surface area contributed by atoms with E-state index in [2.05, 4.69) is 23.1 Å². The molecule has 1 saturated heterocycles. The Kier molecular flexibility index (Phi) is 4.64. The van der Waals surface area contributed by atoms with Crippen molar-refractivity contribution in [1.29, 1.82) is 0 Å². The van der Waals surface area contributed by atoms with Gasteiger partial charge in [-0.15, -0.1) is 0 Å². The van der Waals surface area contributed by atoms with E-state index in [1.54, 1.807) is 0 Å². The van der Waals surface area contributed by atoms with E-state index in [0.29, 0.717) is 6.42 Å². The van der Waals surface area contributed by atoms with Crippen LogP contribution in [0.25, 0.3) is 0 Å². The summed E-state index contributed by atoms with van der Waals surface area (Å²) in [6.45, 7) is 4.27. The van der Waals surface area contributed by atoms with Gasteiger partial charge in [-0.3, -0.25) is 4.79 Å². The van der Waals surface area contributed by atoms with Crippen molar-refractivity contribution in [2.75, 3.05) is 31.1 Å². The van der Waals surface area contributed by atoms with Crippen LogP contribution in [-0.2, 0) is 17.6 Å². The number of rotatable bonds is 4. The van der Waals surface area contributed by atoms with Crippen LogP contribution in [0.15, 0.2) is 34.5 Å². The normalized spacial score (nSPS) is 25.7. The summed E-state index contributed by atoms with van der Waals surface area (Å²) in [6, 6.07) is 2.55. The molecule has 6 rings (SSSR count). The summed E-state index contributed by atoms with van der Waals surface area (Å²) in [7, 11) is 0. The van der Waals surface area contributed by atoms with Gasteiger partial charge in [0.25, 0.3) is 0 Å². The predicted molar refractivity (Wildman–Crippen MR) is 120 cm³/mol. The lowest BCUT2D eigenvalue weighted by atomic mass is 9.88. The molecule has 6 heteroatoms. The Labute approximate surface area is 182 Å². The first-order chi connectivity index (χ1) is 15.2. The molecule has 162 valence electrons. The average Bonchev–Trinajstić information content (AvgIpc) is 2.77. The Morgan fingerprint density at radius 2 is 2.10 bits per heavy atom. The number of anilines is 1. The molecule has 31 heavy (non-hydrogen) atoms. The minimum atomic E-state index is -0.706. The fourth-order valence-corrected chi connectivity index (χ4v) is 6.13. The minimum Gasteiger partial charge on any atom is -0.481 e. The Balaban J connectivity index is 1.35. The first kappa shape index (κ1) is 19.1. The molecule has 0 aromatic heterocycles. The third-order valence-corrected chi connectivity index (χ3v) is 7.49. The van der Waals surface area contributed by atoms with E-state index in [-0.39, 0.29) is 12.5 Å². The van der Waals surface area contributed by atoms with Crippen molar-refractivity contribution in [2.24, 2.45) is 4.99 Å². The summed E-state index contributed by atoms with van der Waals surface area (Å²) in [5, 5.41) is 9.01. The molecule has 1 aliphatic carbocycles. The molecule has 1 fully saturated rings. The molecule has 1 aromatic carbocycles. The number of hydrogen-bond acceptors (Lipinski definition) is 4. The Morgan fingerprint density at radius 3 is 2.97 bits per heavy atom. The number of carbonyl (C=O) groups is 1. The molecule has 1 aromatic rings. The second-order valence-electron chi connectivity index (χ2n) is 9.49. The number of allylic oxidation sites excluding steroid dienone is 1. The lowest BCUT2D eigenvalue weighted by Gasteiger charge is -2.39. The quantitative estimate of drug-likeness (QED) is 0.786. The van der Waals surface area contributed by atoms with Crippen LogP contribution in [0.1, 0.15) is 49.7 Å². The van der Waals surface area contributed by atoms with Crippen LogP contribution < -0.4 is 14.5 Å². The molecule has 5 aliphatic rings. The van der Waals surface area contributed by atoms with Crippen LogP contribution in [0.3, 0.4) is 0 Å². The highest BCUT2D eigenvalue weighted by Crippen LogP contribution is 2.48. The van der Waals surface area contributed by atoms with E-state index in [1.165, 1.54) is 40.1 Å². The largest absolute Gasteiger partial charge is 0.481 e. The van der Waals surface area contributed by atoms with Crippen LogP contribution in [-0.4, -0.2) is 49.0 Å². The molecule has 2 unspecified atom stereocenters. The highest BCUT2D eigenvalue weighted by Gasteiger charge is 2.36. The van der Waals surface area contributed by atoms with Crippen molar-refractivity contribution in [1.82, 2.24) is 0 Å². The number of benzene rings is 1. The van der Waals surface area contributed by atoms with Crippen molar-refractivity contribution in [2.45, 2.75) is 57.4 Å². The fourth-order valence-electron chi connectivity index (χ4n) is 6.13. The Hall–Kier alpha value is -2.60. The zero-order valence-electron chi connectivity index (χ0n) is 18.0. The summed E-state index contributed by atoms with van der Waals surface area (Å²) in [5.74, 6) is 1.16. The molecular formula is C25H30N3O3+. The summed E-state index contributed by atoms with van der Waals surface area (Å²) in [5.41, 5.74) is 7.58. The number of nitrogens with one attached hydrogen (secondary N) is 1. The van der Waals surface area contributed by atoms with E-state index in [1.807, 2.05) is 0 Å². The molecule has 4 aliphatic heterocycles. The first-order valence-electron chi connectivity index (χ1n) is 11.9. The van der Waals surface area contributed by atoms with Gasteiger partial charge in [0.1, 0.15) is 17.4 Å². The zero-order valence-corrected chi connectivity index (χ0v) is 18.0. The molecule has 0 bridgehead atoms. The third kappa shape index (κ3) is 3.28. The van der Waals surface area contributed by atoms with Gasteiger partial charge in [-0.2, -0.15) is 0 Å². The number of aliphatic carboxylic acids is 1. The van der Waals surface area contributed by atoms with Gasteiger partial charge in [-0.05, 0) is 55.4 Å². The Bertz CT molecular complexity index is 1040. The van der Waals surface area contributed by atoms with Gasteiger partial charge in [0.05, 0.1) is 19.5 Å². The number of aliphatic imine (C=N–C) groups is 1. The van der Waals surface area contributed by atoms with Crippen molar-refractivity contribution < 1.29 is 19.5 Å². The van der Waals surface area contributed by atoms with E-state index in [9.17, 15) is 4.79 Å². The van der Waals surface area contributed by atoms with E-state index in [0.717, 1.165) is 74.8 Å². The predicted octanol–water partition coefficient (Wildman–Crippen LogP) is 2.59. The molecule has 0 spiro atoms. The maximum atomic E-state index is 10.9. The van der Waals surface area contributed by atoms with Crippen LogP contribution in [0.2, 0.25) is 0 Å². The lowest BCUT2D eigenvalue weighted by Crippen LogP contribution is -3.16. The second kappa shape index (κ2) is 7.52. The molecule has 4 heterocycles. The number of likely N-dealkylation sites (tertiary alicyclic amines) is 1. The van der Waals surface area contributed by atoms with Gasteiger partial charge in [0, 0.05) is 43.3 Å². The van der Waals surface area contributed by atoms with Gasteiger partial charge in [-0.25, -0.2) is 4.99 Å². The SMILES string of the molecule is O=C(O)CCC[NH+]1CCCC2=CC3=Nc4cc5c6c(c4OC3=CC21)CCCN6CCC5. The molecule has 2 atom stereocenters. The van der Waals surface area contributed by atoms with Crippen LogP contribution in [0.4, 0.5) is 11.4 Å². The van der Waals surface area contributed by atoms with Gasteiger partial charge in [0.15, 0.2) is 11.5 Å². The van der Waals surface area contributed by atoms with E-state index >= 15 is 0 Å². The number of hydrogen-bond donors (Lipinski definition) is 2. The van der Waals surface area contributed by atoms with Crippen molar-refractivity contribution in [3.63, 3.8) is 0 Å². The highest BCUT2D eigenvalue weighted by atomic mass is 16.5. The molecule has 0 saturated carbocycles. The number of quaternary nitrogens is 1. The van der Waals surface area contributed by atoms with Crippen LogP contribution in [0.5, 0.6) is 5.75 Å². The van der Waals surface area contributed by atoms with Crippen LogP contribution >= 0.6 is 0 Å². The number of carboxylic acids is 1. The zero-order chi connectivity index (χ0) is 20.9. The maximum Gasteiger partial charge on any atom is 0.303 e. The molecule has 0 amide bonds. The molecule has 6 nitrogen and oxygen atoms in total. The summed E-state index contributed by atoms with van der Waals surface area (Å²) in [4.78, 5) is 20.0. The number of nitrogens with zero attached hydrogens (tertiary/aromatic N) is 2. The van der Waals surface area contributed by atoms with Crippen LogP contribution in [0, 0.1) is 0 Å². The number of piperidine rings is 1. The molecule has 2 N–H and O–H groups in total. The fraction of sp³-hybridized carbons (Fsp3) is 0.520. The molecular weight excluding hydrogens is 390 g/mol. The van der Waals surface area contributed by atoms with Crippen molar-refractivity contribution in [3.8, 4) is 5.75 Å². The second-order valence-corrected chi connectivity index (χ2v) is 9.49. The van der Waals surface area contributed by atoms with E-state index in [4.69, 9.17) is 14.8 Å². The third-order valence-electron chi connectivity index (χ3n) is 7.49. The number of carboxylic acid groups (broad SMARTS) is 1. The number of ether oxygens (including phenoxy) is 1. The lowest BCUT2D eigenvalue weighted by molar-refractivity contribution is -0.917. The van der Waals surface area contributed by atoms with Gasteiger partial charge >= 0.3 is 5.97 Å². The first-order valence-corrected chi connectivity index (χ1v) is 11.9. The molecule has 0 radical (unpaired) electrons. The standard InChI is InChI=1S/C25H29N3O3/c29-23(30)8-4-10-27-9-1-5-16-13-19-22(15-21(16)27)31-25-18-7-3-12-28-11-2-6-17(24(18)28)14-20(25)26-19/h13-15,21H,1-12H2,(H,29,30)/p+1. The summed E-state index contributed by atoms with van der Waals surface area (Å²) in [6.07, 6.45) is 12.3. The minimum absolute atomic E-state index is 0.243. The summed E-state index contributed by atoms with van der Waals surface area (Å²) < 4.78 is 6.60. The summed E-state index contributed by atoms with van der Waals surface area (Å²) >= 11 is 0. The smallest absolute Gasteiger partial charge is 0.303 e. The van der Waals surface area contributed by atoms with Gasteiger partial charge in [0.2, 0.25) is 0 Å². The topological polar surface area (TPSA) is 66.6 Å².